The first-order chi connectivity index (χ1) is 8.26. The van der Waals surface area contributed by atoms with E-state index < -0.39 is 0 Å². The van der Waals surface area contributed by atoms with Gasteiger partial charge in [-0.05, 0) is 31.0 Å². The maximum absolute atomic E-state index is 5.68. The highest BCUT2D eigenvalue weighted by molar-refractivity contribution is 5.86. The van der Waals surface area contributed by atoms with Gasteiger partial charge in [-0.15, -0.1) is 0 Å². The number of hydrogen-bond donors (Lipinski definition) is 2. The predicted molar refractivity (Wildman–Crippen MR) is 70.1 cm³/mol. The van der Waals surface area contributed by atoms with E-state index in [0.717, 1.165) is 28.6 Å². The van der Waals surface area contributed by atoms with Crippen LogP contribution in [-0.4, -0.2) is 11.6 Å². The second-order valence-corrected chi connectivity index (χ2v) is 3.97. The monoisotopic (exact) mass is 231 g/mol. The van der Waals surface area contributed by atoms with Gasteiger partial charge >= 0.3 is 0 Å². The molecule has 0 fully saturated rings. The molecule has 0 unspecified atom stereocenters. The summed E-state index contributed by atoms with van der Waals surface area (Å²) in [6.07, 6.45) is 0.976. The first kappa shape index (κ1) is 11.7. The number of benzene rings is 1. The molecule has 17 heavy (non-hydrogen) atoms. The minimum absolute atomic E-state index is 0.685. The molecule has 2 rings (SSSR count). The molecule has 4 heteroatoms. The Hall–Kier alpha value is -1.81. The fourth-order valence-electron chi connectivity index (χ4n) is 1.75. The molecule has 0 amide bonds. The summed E-state index contributed by atoms with van der Waals surface area (Å²) < 4.78 is 5.68. The molecule has 0 bridgehead atoms. The molecule has 0 spiro atoms. The van der Waals surface area contributed by atoms with Crippen LogP contribution in [0.2, 0.25) is 0 Å². The largest absolute Gasteiger partial charge is 0.491 e. The highest BCUT2D eigenvalue weighted by Crippen LogP contribution is 2.27. The Kier molecular flexibility index (Phi) is 3.44. The Morgan fingerprint density at radius 1 is 1.41 bits per heavy atom. The number of nitrogens with zero attached hydrogens (tertiary/aromatic N) is 1. The van der Waals surface area contributed by atoms with E-state index in [9.17, 15) is 0 Å². The van der Waals surface area contributed by atoms with Gasteiger partial charge in [0.15, 0.2) is 0 Å². The molecule has 4 nitrogen and oxygen atoms in total. The van der Waals surface area contributed by atoms with E-state index in [1.165, 1.54) is 0 Å². The zero-order chi connectivity index (χ0) is 12.3. The number of rotatable bonds is 4. The van der Waals surface area contributed by atoms with Gasteiger partial charge in [0.25, 0.3) is 0 Å². The highest BCUT2D eigenvalue weighted by atomic mass is 16.5. The fraction of sp³-hybridized carbons (Fsp3) is 0.308. The summed E-state index contributed by atoms with van der Waals surface area (Å²) in [5, 5.41) is 1.06. The van der Waals surface area contributed by atoms with Crippen LogP contribution in [0, 0.1) is 6.92 Å². The van der Waals surface area contributed by atoms with Gasteiger partial charge in [-0.1, -0.05) is 19.1 Å². The molecule has 0 aliphatic rings. The number of nitrogens with one attached hydrogen (secondary N) is 1. The van der Waals surface area contributed by atoms with Crippen LogP contribution in [-0.2, 0) is 0 Å². The molecule has 3 N–H and O–H groups in total. The van der Waals surface area contributed by atoms with E-state index in [1.54, 1.807) is 0 Å². The predicted octanol–water partition coefficient (Wildman–Crippen LogP) is 2.62. The summed E-state index contributed by atoms with van der Waals surface area (Å²) in [5.41, 5.74) is 4.47. The van der Waals surface area contributed by atoms with Crippen molar-refractivity contribution < 1.29 is 4.74 Å². The topological polar surface area (TPSA) is 60.2 Å². The number of ether oxygens (including phenoxy) is 1. The summed E-state index contributed by atoms with van der Waals surface area (Å²) in [6, 6.07) is 7.98. The van der Waals surface area contributed by atoms with Crippen molar-refractivity contribution in [3.63, 3.8) is 0 Å². The number of pyridine rings is 1. The first-order valence-corrected chi connectivity index (χ1v) is 5.76. The molecule has 0 aliphatic heterocycles. The quantitative estimate of drug-likeness (QED) is 0.627. The van der Waals surface area contributed by atoms with Gasteiger partial charge < -0.3 is 10.2 Å². The standard InChI is InChI=1S/C13H17N3O/c1-3-7-17-11-6-4-5-10-8-9(2)13(16-14)15-12(10)11/h4-6,8H,3,7,14H2,1-2H3,(H,15,16). The van der Waals surface area contributed by atoms with Crippen LogP contribution in [0.5, 0.6) is 5.75 Å². The Bertz CT molecular complexity index is 525. The van der Waals surface area contributed by atoms with Gasteiger partial charge in [-0.25, -0.2) is 10.8 Å². The molecular formula is C13H17N3O. The molecule has 0 aliphatic carbocycles. The number of para-hydroxylation sites is 1. The lowest BCUT2D eigenvalue weighted by atomic mass is 10.1. The van der Waals surface area contributed by atoms with Crippen LogP contribution in [0.1, 0.15) is 18.9 Å². The molecule has 0 atom stereocenters. The van der Waals surface area contributed by atoms with Crippen molar-refractivity contribution in [1.82, 2.24) is 4.98 Å². The maximum Gasteiger partial charge on any atom is 0.145 e. The second-order valence-electron chi connectivity index (χ2n) is 3.97. The number of hydrogen-bond acceptors (Lipinski definition) is 4. The van der Waals surface area contributed by atoms with E-state index in [4.69, 9.17) is 10.6 Å². The molecule has 1 heterocycles. The highest BCUT2D eigenvalue weighted by Gasteiger charge is 2.07. The average Bonchev–Trinajstić information content (AvgIpc) is 2.35. The third-order valence-electron chi connectivity index (χ3n) is 2.60. The van der Waals surface area contributed by atoms with E-state index in [0.29, 0.717) is 12.4 Å². The zero-order valence-corrected chi connectivity index (χ0v) is 10.2. The van der Waals surface area contributed by atoms with E-state index in [-0.39, 0.29) is 0 Å². The number of aromatic nitrogens is 1. The number of nitrogen functional groups attached to an aromatic ring is 1. The number of fused-ring (bicyclic) bond motifs is 1. The lowest BCUT2D eigenvalue weighted by molar-refractivity contribution is 0.320. The third kappa shape index (κ3) is 2.31. The molecule has 0 saturated carbocycles. The summed E-state index contributed by atoms with van der Waals surface area (Å²) in [5.74, 6) is 6.93. The second kappa shape index (κ2) is 5.01. The number of aryl methyl sites for hydroxylation is 1. The van der Waals surface area contributed by atoms with Crippen LogP contribution in [0.3, 0.4) is 0 Å². The number of nitrogens with two attached hydrogens (primary N) is 1. The molecule has 1 aromatic heterocycles. The Balaban J connectivity index is 2.53. The van der Waals surface area contributed by atoms with Gasteiger partial charge in [0.2, 0.25) is 0 Å². The third-order valence-corrected chi connectivity index (χ3v) is 2.60. The molecule has 1 aromatic carbocycles. The number of anilines is 1. The molecule has 0 radical (unpaired) electrons. The van der Waals surface area contributed by atoms with Crippen molar-refractivity contribution >= 4 is 16.7 Å². The van der Waals surface area contributed by atoms with Crippen molar-refractivity contribution in [3.05, 3.63) is 29.8 Å². The minimum Gasteiger partial charge on any atom is -0.491 e. The summed E-state index contributed by atoms with van der Waals surface area (Å²) >= 11 is 0. The van der Waals surface area contributed by atoms with Gasteiger partial charge in [0.1, 0.15) is 17.1 Å². The van der Waals surface area contributed by atoms with Crippen molar-refractivity contribution in [2.75, 3.05) is 12.0 Å². The fourth-order valence-corrected chi connectivity index (χ4v) is 1.75. The molecule has 2 aromatic rings. The minimum atomic E-state index is 0.685. The molecule has 90 valence electrons. The Morgan fingerprint density at radius 3 is 2.94 bits per heavy atom. The van der Waals surface area contributed by atoms with E-state index in [2.05, 4.69) is 23.4 Å². The first-order valence-electron chi connectivity index (χ1n) is 5.76. The Morgan fingerprint density at radius 2 is 2.24 bits per heavy atom. The van der Waals surface area contributed by atoms with Gasteiger partial charge in [0, 0.05) is 5.39 Å². The summed E-state index contributed by atoms with van der Waals surface area (Å²) in [6.45, 7) is 4.75. The lowest BCUT2D eigenvalue weighted by Crippen LogP contribution is -2.10. The van der Waals surface area contributed by atoms with E-state index >= 15 is 0 Å². The van der Waals surface area contributed by atoms with Gasteiger partial charge in [-0.2, -0.15) is 0 Å². The van der Waals surface area contributed by atoms with E-state index in [1.807, 2.05) is 25.1 Å². The van der Waals surface area contributed by atoms with Crippen LogP contribution in [0.4, 0.5) is 5.82 Å². The number of hydrazine groups is 1. The van der Waals surface area contributed by atoms with Crippen molar-refractivity contribution in [3.8, 4) is 5.75 Å². The molecular weight excluding hydrogens is 214 g/mol. The van der Waals surface area contributed by atoms with Crippen LogP contribution < -0.4 is 16.0 Å². The Labute approximate surface area is 101 Å². The average molecular weight is 231 g/mol. The van der Waals surface area contributed by atoms with Crippen molar-refractivity contribution in [1.29, 1.82) is 0 Å². The normalized spacial score (nSPS) is 10.5. The smallest absolute Gasteiger partial charge is 0.145 e. The zero-order valence-electron chi connectivity index (χ0n) is 10.2. The van der Waals surface area contributed by atoms with Crippen LogP contribution in [0.15, 0.2) is 24.3 Å². The lowest BCUT2D eigenvalue weighted by Gasteiger charge is -2.10. The molecule has 0 saturated heterocycles. The van der Waals surface area contributed by atoms with Gasteiger partial charge in [0.05, 0.1) is 6.61 Å². The summed E-state index contributed by atoms with van der Waals surface area (Å²) in [7, 11) is 0. The van der Waals surface area contributed by atoms with Gasteiger partial charge in [-0.3, -0.25) is 0 Å². The van der Waals surface area contributed by atoms with Crippen LogP contribution in [0.25, 0.3) is 10.9 Å². The summed E-state index contributed by atoms with van der Waals surface area (Å²) in [4.78, 5) is 4.48. The van der Waals surface area contributed by atoms with Crippen molar-refractivity contribution in [2.24, 2.45) is 5.84 Å². The van der Waals surface area contributed by atoms with Crippen LogP contribution >= 0.6 is 0 Å². The maximum atomic E-state index is 5.68. The van der Waals surface area contributed by atoms with Crippen molar-refractivity contribution in [2.45, 2.75) is 20.3 Å². The SMILES string of the molecule is CCCOc1cccc2cc(C)c(NN)nc12.